The molecule has 0 radical (unpaired) electrons. The van der Waals surface area contributed by atoms with Gasteiger partial charge in [0.15, 0.2) is 0 Å². The summed E-state index contributed by atoms with van der Waals surface area (Å²) in [5, 5.41) is 3.25. The molecule has 0 aromatic heterocycles. The first-order chi connectivity index (χ1) is 13.5. The quantitative estimate of drug-likeness (QED) is 0.612. The molecule has 2 amide bonds. The second-order valence-electron chi connectivity index (χ2n) is 8.02. The van der Waals surface area contributed by atoms with Crippen LogP contribution in [-0.4, -0.2) is 73.1 Å². The van der Waals surface area contributed by atoms with E-state index >= 15 is 0 Å². The molecule has 0 aliphatic carbocycles. The van der Waals surface area contributed by atoms with Crippen LogP contribution in [0.2, 0.25) is 0 Å². The molecular weight excluding hydrogens is 354 g/mol. The Hall–Kier alpha value is -1.40. The van der Waals surface area contributed by atoms with Crippen molar-refractivity contribution in [2.45, 2.75) is 71.9 Å². The SMILES string of the molecule is CCC(C(=O)N[C@H](C)C1CCN(C(=O)CC2=CCOCC2)CC1)N(CC)CC. The van der Waals surface area contributed by atoms with Crippen LogP contribution < -0.4 is 5.32 Å². The summed E-state index contributed by atoms with van der Waals surface area (Å²) < 4.78 is 5.31. The van der Waals surface area contributed by atoms with Crippen molar-refractivity contribution in [3.05, 3.63) is 11.6 Å². The lowest BCUT2D eigenvalue weighted by Crippen LogP contribution is -2.51. The highest BCUT2D eigenvalue weighted by Gasteiger charge is 2.29. The fourth-order valence-corrected chi connectivity index (χ4v) is 4.39. The predicted octanol–water partition coefficient (Wildman–Crippen LogP) is 2.59. The molecule has 28 heavy (non-hydrogen) atoms. The highest BCUT2D eigenvalue weighted by molar-refractivity contribution is 5.82. The van der Waals surface area contributed by atoms with Gasteiger partial charge in [-0.2, -0.15) is 0 Å². The van der Waals surface area contributed by atoms with Crippen LogP contribution >= 0.6 is 0 Å². The standard InChI is InChI=1S/C22H39N3O3/c1-5-20(24(6-2)7-3)22(27)23-17(4)19-8-12-25(13-9-19)21(26)16-18-10-14-28-15-11-18/h10,17,19-20H,5-9,11-16H2,1-4H3,(H,23,27)/t17-,20?/m1/s1. The molecule has 2 aliphatic heterocycles. The third kappa shape index (κ3) is 6.31. The summed E-state index contributed by atoms with van der Waals surface area (Å²) in [6, 6.07) is 0.0967. The van der Waals surface area contributed by atoms with Crippen LogP contribution in [0.5, 0.6) is 0 Å². The minimum Gasteiger partial charge on any atom is -0.377 e. The van der Waals surface area contributed by atoms with Gasteiger partial charge in [0.05, 0.1) is 19.3 Å². The zero-order valence-corrected chi connectivity index (χ0v) is 18.2. The lowest BCUT2D eigenvalue weighted by Gasteiger charge is -2.36. The molecule has 1 unspecified atom stereocenters. The molecule has 2 heterocycles. The van der Waals surface area contributed by atoms with Crippen LogP contribution in [0.25, 0.3) is 0 Å². The molecule has 6 heteroatoms. The summed E-state index contributed by atoms with van der Waals surface area (Å²) in [4.78, 5) is 29.5. The van der Waals surface area contributed by atoms with Gasteiger partial charge in [-0.3, -0.25) is 14.5 Å². The van der Waals surface area contributed by atoms with Crippen LogP contribution in [0.3, 0.4) is 0 Å². The molecule has 0 spiro atoms. The number of likely N-dealkylation sites (tertiary alicyclic amines) is 1. The molecule has 2 atom stereocenters. The highest BCUT2D eigenvalue weighted by atomic mass is 16.5. The zero-order valence-electron chi connectivity index (χ0n) is 18.2. The summed E-state index contributed by atoms with van der Waals surface area (Å²) in [7, 11) is 0. The predicted molar refractivity (Wildman–Crippen MR) is 112 cm³/mol. The summed E-state index contributed by atoms with van der Waals surface area (Å²) in [6.45, 7) is 13.1. The molecule has 6 nitrogen and oxygen atoms in total. The van der Waals surface area contributed by atoms with Crippen molar-refractivity contribution in [1.29, 1.82) is 0 Å². The van der Waals surface area contributed by atoms with E-state index < -0.39 is 0 Å². The number of nitrogens with one attached hydrogen (secondary N) is 1. The van der Waals surface area contributed by atoms with Gasteiger partial charge in [-0.15, -0.1) is 0 Å². The summed E-state index contributed by atoms with van der Waals surface area (Å²) in [6.07, 6.45) is 6.19. The van der Waals surface area contributed by atoms with E-state index in [2.05, 4.69) is 37.9 Å². The Morgan fingerprint density at radius 1 is 1.25 bits per heavy atom. The van der Waals surface area contributed by atoms with Gasteiger partial charge in [0.1, 0.15) is 0 Å². The number of ether oxygens (including phenoxy) is 1. The van der Waals surface area contributed by atoms with Crippen molar-refractivity contribution in [1.82, 2.24) is 15.1 Å². The average Bonchev–Trinajstić information content (AvgIpc) is 2.72. The monoisotopic (exact) mass is 393 g/mol. The van der Waals surface area contributed by atoms with Gasteiger partial charge in [-0.25, -0.2) is 0 Å². The second-order valence-corrected chi connectivity index (χ2v) is 8.02. The number of likely N-dealkylation sites (N-methyl/N-ethyl adjacent to an activating group) is 1. The van der Waals surface area contributed by atoms with Gasteiger partial charge in [-0.1, -0.05) is 32.4 Å². The molecule has 2 rings (SSSR count). The normalized spacial score (nSPS) is 20.6. The third-order valence-electron chi connectivity index (χ3n) is 6.35. The molecule has 1 N–H and O–H groups in total. The number of nitrogens with zero attached hydrogens (tertiary/aromatic N) is 2. The number of carbonyl (C=O) groups excluding carboxylic acids is 2. The van der Waals surface area contributed by atoms with E-state index in [1.54, 1.807) is 0 Å². The fourth-order valence-electron chi connectivity index (χ4n) is 4.39. The minimum absolute atomic E-state index is 0.0492. The molecular formula is C22H39N3O3. The molecule has 160 valence electrons. The summed E-state index contributed by atoms with van der Waals surface area (Å²) in [5.74, 6) is 0.809. The number of amides is 2. The van der Waals surface area contributed by atoms with Crippen molar-refractivity contribution in [2.24, 2.45) is 5.92 Å². The topological polar surface area (TPSA) is 61.9 Å². The van der Waals surface area contributed by atoms with Crippen LogP contribution in [0.15, 0.2) is 11.6 Å². The molecule has 0 bridgehead atoms. The van der Waals surface area contributed by atoms with Gasteiger partial charge in [0.2, 0.25) is 11.8 Å². The molecule has 1 saturated heterocycles. The van der Waals surface area contributed by atoms with Crippen molar-refractivity contribution in [3.63, 3.8) is 0 Å². The first kappa shape index (κ1) is 22.9. The Balaban J connectivity index is 1.79. The Kier molecular flexibility index (Phi) is 9.45. The van der Waals surface area contributed by atoms with E-state index in [0.717, 1.165) is 58.5 Å². The van der Waals surface area contributed by atoms with E-state index in [9.17, 15) is 9.59 Å². The number of piperidine rings is 1. The van der Waals surface area contributed by atoms with Gasteiger partial charge in [-0.05, 0) is 51.6 Å². The molecule has 1 fully saturated rings. The molecule has 0 saturated carbocycles. The maximum Gasteiger partial charge on any atom is 0.237 e. The lowest BCUT2D eigenvalue weighted by molar-refractivity contribution is -0.133. The molecule has 0 aromatic rings. The Bertz CT molecular complexity index is 537. The van der Waals surface area contributed by atoms with Crippen LogP contribution in [-0.2, 0) is 14.3 Å². The smallest absolute Gasteiger partial charge is 0.237 e. The Morgan fingerprint density at radius 2 is 1.93 bits per heavy atom. The Morgan fingerprint density at radius 3 is 2.46 bits per heavy atom. The average molecular weight is 394 g/mol. The minimum atomic E-state index is -0.0492. The van der Waals surface area contributed by atoms with Gasteiger partial charge < -0.3 is 15.0 Å². The summed E-state index contributed by atoms with van der Waals surface area (Å²) in [5.41, 5.74) is 1.21. The largest absolute Gasteiger partial charge is 0.377 e. The van der Waals surface area contributed by atoms with E-state index in [0.29, 0.717) is 18.9 Å². The third-order valence-corrected chi connectivity index (χ3v) is 6.35. The summed E-state index contributed by atoms with van der Waals surface area (Å²) >= 11 is 0. The number of rotatable bonds is 9. The molecule has 0 aromatic carbocycles. The maximum atomic E-state index is 12.7. The fraction of sp³-hybridized carbons (Fsp3) is 0.818. The number of carbonyl (C=O) groups is 2. The van der Waals surface area contributed by atoms with E-state index in [1.807, 2.05) is 11.0 Å². The van der Waals surface area contributed by atoms with Crippen LogP contribution in [0.1, 0.15) is 59.8 Å². The highest BCUT2D eigenvalue weighted by Crippen LogP contribution is 2.23. The van der Waals surface area contributed by atoms with Crippen molar-refractivity contribution >= 4 is 11.8 Å². The van der Waals surface area contributed by atoms with E-state index in [1.165, 1.54) is 5.57 Å². The van der Waals surface area contributed by atoms with Crippen LogP contribution in [0.4, 0.5) is 0 Å². The van der Waals surface area contributed by atoms with Gasteiger partial charge in [0.25, 0.3) is 0 Å². The van der Waals surface area contributed by atoms with Crippen molar-refractivity contribution < 1.29 is 14.3 Å². The Labute approximate surface area is 170 Å². The van der Waals surface area contributed by atoms with Gasteiger partial charge >= 0.3 is 0 Å². The first-order valence-electron chi connectivity index (χ1n) is 11.1. The van der Waals surface area contributed by atoms with E-state index in [-0.39, 0.29) is 23.9 Å². The first-order valence-corrected chi connectivity index (χ1v) is 11.1. The molecule has 2 aliphatic rings. The zero-order chi connectivity index (χ0) is 20.5. The van der Waals surface area contributed by atoms with Crippen molar-refractivity contribution in [2.75, 3.05) is 39.4 Å². The number of hydrogen-bond donors (Lipinski definition) is 1. The van der Waals surface area contributed by atoms with E-state index in [4.69, 9.17) is 4.74 Å². The van der Waals surface area contributed by atoms with Crippen molar-refractivity contribution in [3.8, 4) is 0 Å². The maximum absolute atomic E-state index is 12.7. The van der Waals surface area contributed by atoms with Gasteiger partial charge in [0, 0.05) is 25.6 Å². The number of hydrogen-bond acceptors (Lipinski definition) is 4. The van der Waals surface area contributed by atoms with Crippen LogP contribution in [0, 0.1) is 5.92 Å². The second kappa shape index (κ2) is 11.6. The lowest BCUT2D eigenvalue weighted by atomic mass is 9.89.